The van der Waals surface area contributed by atoms with Crippen molar-refractivity contribution in [2.45, 2.75) is 20.0 Å². The maximum Gasteiger partial charge on any atom is 0.205 e. The monoisotopic (exact) mass is 503 g/mol. The Bertz CT molecular complexity index is 1450. The zero-order valence-electron chi connectivity index (χ0n) is 20.2. The van der Waals surface area contributed by atoms with E-state index in [2.05, 4.69) is 51.8 Å². The molecule has 2 heterocycles. The molecule has 0 radical (unpaired) electrons. The third-order valence-electron chi connectivity index (χ3n) is 5.85. The molecule has 0 aliphatic rings. The van der Waals surface area contributed by atoms with Crippen LogP contribution in [0.5, 0.6) is 17.2 Å². The van der Waals surface area contributed by atoms with E-state index in [1.54, 1.807) is 14.2 Å². The van der Waals surface area contributed by atoms with E-state index < -0.39 is 0 Å². The number of nitrogens with one attached hydrogen (secondary N) is 1. The standard InChI is InChI=1S/C27H25N5O3.ClH/c1-4-19-13-25(26-23(28-19)14-20(33-2)15-24(26)34-3)35-16-17-9-11-18(12-10-17)21-7-5-6-8-22(21)27-29-31-32-30-27;/h5-15H,4,16H2,1-3H3,(H,29,30,31,32);1H. The second kappa shape index (κ2) is 11.0. The third kappa shape index (κ3) is 4.94. The lowest BCUT2D eigenvalue weighted by Crippen LogP contribution is -2.00. The fourth-order valence-electron chi connectivity index (χ4n) is 4.04. The molecule has 0 fully saturated rings. The molecular formula is C27H26ClN5O3. The second-order valence-electron chi connectivity index (χ2n) is 7.96. The fourth-order valence-corrected chi connectivity index (χ4v) is 4.04. The normalized spacial score (nSPS) is 10.6. The number of methoxy groups -OCH3 is 2. The lowest BCUT2D eigenvalue weighted by atomic mass is 9.98. The number of hydrogen-bond acceptors (Lipinski definition) is 7. The van der Waals surface area contributed by atoms with Gasteiger partial charge in [-0.1, -0.05) is 55.5 Å². The number of nitrogens with zero attached hydrogens (tertiary/aromatic N) is 4. The summed E-state index contributed by atoms with van der Waals surface area (Å²) < 4.78 is 17.3. The number of ether oxygens (including phenoxy) is 3. The summed E-state index contributed by atoms with van der Waals surface area (Å²) >= 11 is 0. The van der Waals surface area contributed by atoms with Gasteiger partial charge in [-0.25, -0.2) is 0 Å². The molecule has 5 aromatic rings. The first kappa shape index (κ1) is 24.9. The molecule has 0 spiro atoms. The average Bonchev–Trinajstić information content (AvgIpc) is 3.46. The van der Waals surface area contributed by atoms with Crippen LogP contribution in [0.15, 0.2) is 66.7 Å². The van der Waals surface area contributed by atoms with E-state index >= 15 is 0 Å². The van der Waals surface area contributed by atoms with E-state index in [4.69, 9.17) is 19.2 Å². The lowest BCUT2D eigenvalue weighted by Gasteiger charge is -2.15. The van der Waals surface area contributed by atoms with Gasteiger partial charge in [-0.05, 0) is 28.3 Å². The van der Waals surface area contributed by atoms with Crippen molar-refractivity contribution in [2.75, 3.05) is 14.2 Å². The molecule has 8 nitrogen and oxygen atoms in total. The Kier molecular flexibility index (Phi) is 7.65. The number of fused-ring (bicyclic) bond motifs is 1. The maximum absolute atomic E-state index is 6.30. The van der Waals surface area contributed by atoms with Crippen LogP contribution in [0.25, 0.3) is 33.4 Å². The second-order valence-corrected chi connectivity index (χ2v) is 7.96. The molecular weight excluding hydrogens is 478 g/mol. The van der Waals surface area contributed by atoms with Crippen LogP contribution in [-0.4, -0.2) is 39.8 Å². The van der Waals surface area contributed by atoms with Gasteiger partial charge in [-0.3, -0.25) is 4.98 Å². The maximum atomic E-state index is 6.30. The Morgan fingerprint density at radius 3 is 2.31 bits per heavy atom. The predicted molar refractivity (Wildman–Crippen MR) is 141 cm³/mol. The molecule has 5 rings (SSSR count). The van der Waals surface area contributed by atoms with Crippen molar-refractivity contribution in [3.63, 3.8) is 0 Å². The number of aryl methyl sites for hydroxylation is 1. The summed E-state index contributed by atoms with van der Waals surface area (Å²) in [6.07, 6.45) is 0.792. The van der Waals surface area contributed by atoms with Crippen LogP contribution in [0, 0.1) is 0 Å². The number of rotatable bonds is 8. The minimum absolute atomic E-state index is 0. The van der Waals surface area contributed by atoms with Gasteiger partial charge in [0, 0.05) is 29.5 Å². The zero-order valence-corrected chi connectivity index (χ0v) is 21.0. The topological polar surface area (TPSA) is 95.0 Å². The van der Waals surface area contributed by atoms with Gasteiger partial charge in [0.15, 0.2) is 0 Å². The van der Waals surface area contributed by atoms with Crippen LogP contribution in [0.1, 0.15) is 18.2 Å². The zero-order chi connectivity index (χ0) is 24.2. The number of aromatic amines is 1. The Balaban J connectivity index is 0.00000304. The summed E-state index contributed by atoms with van der Waals surface area (Å²) in [5.41, 5.74) is 5.78. The first-order chi connectivity index (χ1) is 17.2. The Morgan fingerprint density at radius 2 is 1.64 bits per heavy atom. The molecule has 184 valence electrons. The van der Waals surface area contributed by atoms with Gasteiger partial charge in [-0.2, -0.15) is 5.21 Å². The molecule has 2 aromatic heterocycles. The Morgan fingerprint density at radius 1 is 0.861 bits per heavy atom. The van der Waals surface area contributed by atoms with Crippen LogP contribution < -0.4 is 14.2 Å². The first-order valence-corrected chi connectivity index (χ1v) is 11.3. The molecule has 0 saturated heterocycles. The van der Waals surface area contributed by atoms with Crippen molar-refractivity contribution < 1.29 is 14.2 Å². The fraction of sp³-hybridized carbons (Fsp3) is 0.185. The highest BCUT2D eigenvalue weighted by Crippen LogP contribution is 2.38. The van der Waals surface area contributed by atoms with Crippen LogP contribution in [0.2, 0.25) is 0 Å². The summed E-state index contributed by atoms with van der Waals surface area (Å²) in [4.78, 5) is 4.74. The van der Waals surface area contributed by atoms with E-state index in [1.165, 1.54) is 0 Å². The number of tetrazole rings is 1. The minimum atomic E-state index is 0. The van der Waals surface area contributed by atoms with Gasteiger partial charge in [0.05, 0.1) is 25.1 Å². The Labute approximate surface area is 215 Å². The predicted octanol–water partition coefficient (Wildman–Crippen LogP) is 5.66. The van der Waals surface area contributed by atoms with E-state index in [1.807, 2.05) is 42.5 Å². The first-order valence-electron chi connectivity index (χ1n) is 11.3. The van der Waals surface area contributed by atoms with E-state index in [0.29, 0.717) is 23.9 Å². The lowest BCUT2D eigenvalue weighted by molar-refractivity contribution is 0.308. The molecule has 1 N–H and O–H groups in total. The molecule has 0 amide bonds. The quantitative estimate of drug-likeness (QED) is 0.292. The van der Waals surface area contributed by atoms with Crippen LogP contribution >= 0.6 is 12.4 Å². The largest absolute Gasteiger partial charge is 0.497 e. The highest BCUT2D eigenvalue weighted by atomic mass is 35.5. The minimum Gasteiger partial charge on any atom is -0.497 e. The SMILES string of the molecule is CCc1cc(OCc2ccc(-c3ccccc3-c3nn[nH]n3)cc2)c2c(OC)cc(OC)cc2n1.Cl. The summed E-state index contributed by atoms with van der Waals surface area (Å²) in [7, 11) is 3.27. The Hall–Kier alpha value is -4.17. The molecule has 0 aliphatic carbocycles. The van der Waals surface area contributed by atoms with Crippen molar-refractivity contribution in [3.8, 4) is 39.8 Å². The molecule has 0 aliphatic heterocycles. The van der Waals surface area contributed by atoms with Crippen molar-refractivity contribution >= 4 is 23.3 Å². The summed E-state index contributed by atoms with van der Waals surface area (Å²) in [6.45, 7) is 2.48. The molecule has 0 saturated carbocycles. The van der Waals surface area contributed by atoms with E-state index in [-0.39, 0.29) is 12.4 Å². The van der Waals surface area contributed by atoms with Gasteiger partial charge >= 0.3 is 0 Å². The molecule has 0 atom stereocenters. The van der Waals surface area contributed by atoms with Gasteiger partial charge in [0.25, 0.3) is 0 Å². The molecule has 9 heteroatoms. The number of pyridine rings is 1. The van der Waals surface area contributed by atoms with Gasteiger partial charge in [-0.15, -0.1) is 22.6 Å². The molecule has 0 unspecified atom stereocenters. The van der Waals surface area contributed by atoms with Crippen molar-refractivity contribution in [2.24, 2.45) is 0 Å². The highest BCUT2D eigenvalue weighted by molar-refractivity contribution is 5.92. The van der Waals surface area contributed by atoms with E-state index in [0.717, 1.165) is 51.0 Å². The van der Waals surface area contributed by atoms with Crippen molar-refractivity contribution in [1.82, 2.24) is 25.6 Å². The van der Waals surface area contributed by atoms with Gasteiger partial charge in [0.1, 0.15) is 23.9 Å². The van der Waals surface area contributed by atoms with Crippen LogP contribution in [0.3, 0.4) is 0 Å². The van der Waals surface area contributed by atoms with E-state index in [9.17, 15) is 0 Å². The van der Waals surface area contributed by atoms with Crippen molar-refractivity contribution in [1.29, 1.82) is 0 Å². The summed E-state index contributed by atoms with van der Waals surface area (Å²) in [6, 6.07) is 22.0. The summed E-state index contributed by atoms with van der Waals surface area (Å²) in [5.74, 6) is 2.66. The molecule has 36 heavy (non-hydrogen) atoms. The van der Waals surface area contributed by atoms with Crippen LogP contribution in [0.4, 0.5) is 0 Å². The molecule has 0 bridgehead atoms. The third-order valence-corrected chi connectivity index (χ3v) is 5.85. The summed E-state index contributed by atoms with van der Waals surface area (Å²) in [5, 5.41) is 15.3. The van der Waals surface area contributed by atoms with Gasteiger partial charge in [0.2, 0.25) is 5.82 Å². The van der Waals surface area contributed by atoms with Crippen molar-refractivity contribution in [3.05, 3.63) is 78.0 Å². The number of benzene rings is 3. The number of aromatic nitrogens is 5. The number of H-pyrrole nitrogens is 1. The number of hydrogen-bond donors (Lipinski definition) is 1. The highest BCUT2D eigenvalue weighted by Gasteiger charge is 2.15. The molecule has 3 aromatic carbocycles. The average molecular weight is 504 g/mol. The van der Waals surface area contributed by atoms with Gasteiger partial charge < -0.3 is 14.2 Å². The smallest absolute Gasteiger partial charge is 0.205 e. The van der Waals surface area contributed by atoms with Crippen LogP contribution in [-0.2, 0) is 13.0 Å². The number of halogens is 1.